The lowest BCUT2D eigenvalue weighted by Gasteiger charge is -2.21. The topological polar surface area (TPSA) is 65.5 Å². The van der Waals surface area contributed by atoms with Crippen LogP contribution < -0.4 is 5.32 Å². The first-order valence-electron chi connectivity index (χ1n) is 7.27. The third kappa shape index (κ3) is 4.55. The molecule has 0 aliphatic carbocycles. The van der Waals surface area contributed by atoms with E-state index in [1.54, 1.807) is 18.5 Å². The number of carbonyl (C=O) groups is 1. The average Bonchev–Trinajstić information content (AvgIpc) is 2.98. The van der Waals surface area contributed by atoms with Gasteiger partial charge in [-0.3, -0.25) is 9.78 Å². The molecule has 1 aromatic heterocycles. The van der Waals surface area contributed by atoms with Crippen LogP contribution in [0.4, 0.5) is 0 Å². The maximum atomic E-state index is 12.3. The Morgan fingerprint density at radius 3 is 3.00 bits per heavy atom. The molecule has 2 heterocycles. The Balaban J connectivity index is 1.99. The second-order valence-electron chi connectivity index (χ2n) is 5.26. The Morgan fingerprint density at radius 2 is 2.29 bits per heavy atom. The van der Waals surface area contributed by atoms with Gasteiger partial charge in [-0.25, -0.2) is 0 Å². The molecule has 2 rings (SSSR count). The van der Waals surface area contributed by atoms with E-state index >= 15 is 0 Å². The highest BCUT2D eigenvalue weighted by Gasteiger charge is 2.17. The number of likely N-dealkylation sites (tertiary alicyclic amines) is 1. The van der Waals surface area contributed by atoms with Gasteiger partial charge in [-0.2, -0.15) is 0 Å². The summed E-state index contributed by atoms with van der Waals surface area (Å²) in [4.78, 5) is 18.7. The standard InChI is InChI=1S/C16H21N3O2/c1-13(12-19-8-2-3-9-19)18-16(21)15-6-7-17-11-14(15)5-4-10-20/h6-7,11,13,20H,2-3,8-10,12H2,1H3,(H,18,21). The highest BCUT2D eigenvalue weighted by molar-refractivity contribution is 5.96. The Kier molecular flexibility index (Phi) is 5.73. The quantitative estimate of drug-likeness (QED) is 0.798. The zero-order valence-electron chi connectivity index (χ0n) is 12.3. The SMILES string of the molecule is CC(CN1CCCC1)NC(=O)c1ccncc1C#CCO. The molecule has 0 bridgehead atoms. The third-order valence-electron chi connectivity index (χ3n) is 3.48. The molecule has 1 unspecified atom stereocenters. The van der Waals surface area contributed by atoms with Gasteiger partial charge in [-0.05, 0) is 38.9 Å². The van der Waals surface area contributed by atoms with E-state index in [4.69, 9.17) is 5.11 Å². The first kappa shape index (κ1) is 15.5. The highest BCUT2D eigenvalue weighted by Crippen LogP contribution is 2.09. The molecular weight excluding hydrogens is 266 g/mol. The molecule has 1 saturated heterocycles. The third-order valence-corrected chi connectivity index (χ3v) is 3.48. The molecule has 0 radical (unpaired) electrons. The summed E-state index contributed by atoms with van der Waals surface area (Å²) >= 11 is 0. The molecule has 0 saturated carbocycles. The molecule has 1 atom stereocenters. The molecule has 21 heavy (non-hydrogen) atoms. The number of carbonyl (C=O) groups excluding carboxylic acids is 1. The van der Waals surface area contributed by atoms with Crippen molar-refractivity contribution < 1.29 is 9.90 Å². The molecular formula is C16H21N3O2. The summed E-state index contributed by atoms with van der Waals surface area (Å²) in [5, 5.41) is 11.8. The van der Waals surface area contributed by atoms with E-state index in [1.165, 1.54) is 12.8 Å². The molecule has 0 spiro atoms. The van der Waals surface area contributed by atoms with E-state index in [0.717, 1.165) is 19.6 Å². The minimum Gasteiger partial charge on any atom is -0.384 e. The summed E-state index contributed by atoms with van der Waals surface area (Å²) in [6.45, 7) is 4.87. The van der Waals surface area contributed by atoms with Crippen molar-refractivity contribution in [2.45, 2.75) is 25.8 Å². The van der Waals surface area contributed by atoms with Crippen molar-refractivity contribution in [1.29, 1.82) is 0 Å². The first-order valence-corrected chi connectivity index (χ1v) is 7.27. The first-order chi connectivity index (χ1) is 10.2. The zero-order chi connectivity index (χ0) is 15.1. The van der Waals surface area contributed by atoms with Gasteiger partial charge in [0, 0.05) is 25.0 Å². The number of pyridine rings is 1. The summed E-state index contributed by atoms with van der Waals surface area (Å²) in [6.07, 6.45) is 5.60. The van der Waals surface area contributed by atoms with E-state index in [9.17, 15) is 4.79 Å². The number of aliphatic hydroxyl groups excluding tert-OH is 1. The molecule has 2 N–H and O–H groups in total. The number of nitrogens with one attached hydrogen (secondary N) is 1. The molecule has 1 fully saturated rings. The predicted molar refractivity (Wildman–Crippen MR) is 80.8 cm³/mol. The maximum absolute atomic E-state index is 12.3. The number of hydrogen-bond acceptors (Lipinski definition) is 4. The van der Waals surface area contributed by atoms with E-state index in [-0.39, 0.29) is 18.6 Å². The average molecular weight is 287 g/mol. The monoisotopic (exact) mass is 287 g/mol. The lowest BCUT2D eigenvalue weighted by atomic mass is 10.1. The van der Waals surface area contributed by atoms with Crippen molar-refractivity contribution in [1.82, 2.24) is 15.2 Å². The van der Waals surface area contributed by atoms with Crippen LogP contribution in [0.2, 0.25) is 0 Å². The van der Waals surface area contributed by atoms with Gasteiger partial charge in [0.1, 0.15) is 6.61 Å². The smallest absolute Gasteiger partial charge is 0.252 e. The molecule has 5 nitrogen and oxygen atoms in total. The fourth-order valence-corrected chi connectivity index (χ4v) is 2.53. The van der Waals surface area contributed by atoms with Gasteiger partial charge in [0.05, 0.1) is 11.1 Å². The molecule has 1 aliphatic heterocycles. The number of hydrogen-bond donors (Lipinski definition) is 2. The van der Waals surface area contributed by atoms with Crippen LogP contribution >= 0.6 is 0 Å². The lowest BCUT2D eigenvalue weighted by Crippen LogP contribution is -2.41. The van der Waals surface area contributed by atoms with Crippen LogP contribution in [0.5, 0.6) is 0 Å². The molecule has 5 heteroatoms. The number of amides is 1. The molecule has 1 amide bonds. The number of aliphatic hydroxyl groups is 1. The van der Waals surface area contributed by atoms with Crippen molar-refractivity contribution in [3.63, 3.8) is 0 Å². The minimum atomic E-state index is -0.235. The summed E-state index contributed by atoms with van der Waals surface area (Å²) in [5.74, 6) is 5.16. The van der Waals surface area contributed by atoms with Crippen LogP contribution in [-0.4, -0.2) is 53.2 Å². The van der Waals surface area contributed by atoms with E-state index in [1.807, 2.05) is 6.92 Å². The highest BCUT2D eigenvalue weighted by atomic mass is 16.2. The molecule has 112 valence electrons. The van der Waals surface area contributed by atoms with Crippen molar-refractivity contribution >= 4 is 5.91 Å². The molecule has 1 aromatic rings. The Bertz CT molecular complexity index is 542. The largest absolute Gasteiger partial charge is 0.384 e. The fourth-order valence-electron chi connectivity index (χ4n) is 2.53. The number of nitrogens with zero attached hydrogens (tertiary/aromatic N) is 2. The van der Waals surface area contributed by atoms with Crippen LogP contribution in [-0.2, 0) is 0 Å². The zero-order valence-corrected chi connectivity index (χ0v) is 12.3. The van der Waals surface area contributed by atoms with Crippen LogP contribution in [0.3, 0.4) is 0 Å². The van der Waals surface area contributed by atoms with Crippen LogP contribution in [0.15, 0.2) is 18.5 Å². The summed E-state index contributed by atoms with van der Waals surface area (Å²) in [7, 11) is 0. The number of aromatic nitrogens is 1. The van der Waals surface area contributed by atoms with Gasteiger partial charge in [0.15, 0.2) is 0 Å². The van der Waals surface area contributed by atoms with Crippen LogP contribution in [0, 0.1) is 11.8 Å². The van der Waals surface area contributed by atoms with Crippen LogP contribution in [0.1, 0.15) is 35.7 Å². The van der Waals surface area contributed by atoms with Crippen molar-refractivity contribution in [2.24, 2.45) is 0 Å². The fraction of sp³-hybridized carbons (Fsp3) is 0.500. The molecule has 1 aliphatic rings. The second-order valence-corrected chi connectivity index (χ2v) is 5.26. The number of rotatable bonds is 4. The lowest BCUT2D eigenvalue weighted by molar-refractivity contribution is 0.0931. The molecule has 0 aromatic carbocycles. The van der Waals surface area contributed by atoms with Gasteiger partial charge in [-0.15, -0.1) is 0 Å². The minimum absolute atomic E-state index is 0.0856. The van der Waals surface area contributed by atoms with Crippen molar-refractivity contribution in [2.75, 3.05) is 26.2 Å². The van der Waals surface area contributed by atoms with Gasteiger partial charge in [-0.1, -0.05) is 11.8 Å². The Morgan fingerprint density at radius 1 is 1.52 bits per heavy atom. The normalized spacial score (nSPS) is 16.1. The Hall–Kier alpha value is -1.90. The summed E-state index contributed by atoms with van der Waals surface area (Å²) in [6, 6.07) is 1.74. The van der Waals surface area contributed by atoms with E-state index in [2.05, 4.69) is 27.0 Å². The van der Waals surface area contributed by atoms with Gasteiger partial charge < -0.3 is 15.3 Å². The maximum Gasteiger partial charge on any atom is 0.252 e. The van der Waals surface area contributed by atoms with Gasteiger partial charge >= 0.3 is 0 Å². The van der Waals surface area contributed by atoms with Crippen molar-refractivity contribution in [3.8, 4) is 11.8 Å². The Labute approximate surface area is 125 Å². The summed E-state index contributed by atoms with van der Waals surface area (Å²) in [5.41, 5.74) is 1.04. The van der Waals surface area contributed by atoms with E-state index in [0.29, 0.717) is 11.1 Å². The second kappa shape index (κ2) is 7.77. The van der Waals surface area contributed by atoms with Crippen LogP contribution in [0.25, 0.3) is 0 Å². The van der Waals surface area contributed by atoms with Crippen molar-refractivity contribution in [3.05, 3.63) is 29.6 Å². The van der Waals surface area contributed by atoms with Gasteiger partial charge in [0.25, 0.3) is 5.91 Å². The summed E-state index contributed by atoms with van der Waals surface area (Å²) < 4.78 is 0. The predicted octanol–water partition coefficient (Wildman–Crippen LogP) is 0.639. The van der Waals surface area contributed by atoms with E-state index < -0.39 is 0 Å². The van der Waals surface area contributed by atoms with Gasteiger partial charge in [0.2, 0.25) is 0 Å².